The Hall–Kier alpha value is -4.41. The number of ether oxygens (including phenoxy) is 2. The first-order chi connectivity index (χ1) is 20.1. The van der Waals surface area contributed by atoms with Crippen LogP contribution in [0.25, 0.3) is 0 Å². The van der Waals surface area contributed by atoms with Gasteiger partial charge >= 0.3 is 12.1 Å². The maximum atomic E-state index is 14.1. The molecule has 43 heavy (non-hydrogen) atoms. The summed E-state index contributed by atoms with van der Waals surface area (Å²) >= 11 is 4.22. The lowest BCUT2D eigenvalue weighted by Gasteiger charge is -2.32. The van der Waals surface area contributed by atoms with Crippen LogP contribution in [-0.2, 0) is 30.3 Å². The lowest BCUT2D eigenvalue weighted by atomic mass is 9.97. The fraction of sp³-hybridized carbons (Fsp3) is 0.394. The van der Waals surface area contributed by atoms with Crippen LogP contribution < -0.4 is 10.6 Å². The topological polar surface area (TPSA) is 114 Å². The van der Waals surface area contributed by atoms with E-state index in [1.807, 2.05) is 30.3 Å². The predicted molar refractivity (Wildman–Crippen MR) is 168 cm³/mol. The van der Waals surface area contributed by atoms with Gasteiger partial charge in [-0.1, -0.05) is 60.9 Å². The van der Waals surface area contributed by atoms with E-state index in [4.69, 9.17) is 22.3 Å². The SMILES string of the molecule is C#Cc1ccccc1C(C(=O)NC(Cc1ccccc1)C(=O)OC(C)(C)C)N(C#C)C(=O)C(CS)NC(=O)OC(C)(C)C. The molecule has 0 aliphatic rings. The maximum Gasteiger partial charge on any atom is 0.408 e. The second kappa shape index (κ2) is 15.2. The third kappa shape index (κ3) is 10.7. The van der Waals surface area contributed by atoms with Crippen molar-refractivity contribution in [3.8, 4) is 24.8 Å². The number of benzene rings is 2. The number of hydrogen-bond acceptors (Lipinski definition) is 7. The van der Waals surface area contributed by atoms with E-state index in [1.54, 1.807) is 65.8 Å². The molecule has 3 amide bonds. The van der Waals surface area contributed by atoms with Gasteiger partial charge in [0.25, 0.3) is 5.91 Å². The smallest absolute Gasteiger partial charge is 0.408 e. The second-order valence-corrected chi connectivity index (χ2v) is 12.0. The molecule has 0 radical (unpaired) electrons. The Kier molecular flexibility index (Phi) is 12.3. The summed E-state index contributed by atoms with van der Waals surface area (Å²) in [5.41, 5.74) is -0.355. The molecule has 0 saturated carbocycles. The van der Waals surface area contributed by atoms with Crippen LogP contribution in [0.2, 0.25) is 0 Å². The predicted octanol–water partition coefficient (Wildman–Crippen LogP) is 4.02. The van der Waals surface area contributed by atoms with Crippen molar-refractivity contribution in [3.05, 3.63) is 71.3 Å². The lowest BCUT2D eigenvalue weighted by molar-refractivity contribution is -0.159. The number of amides is 3. The number of hydrogen-bond donors (Lipinski definition) is 3. The quantitative estimate of drug-likeness (QED) is 0.163. The zero-order valence-electron chi connectivity index (χ0n) is 25.3. The summed E-state index contributed by atoms with van der Waals surface area (Å²) in [7, 11) is 0. The number of terminal acetylenes is 2. The Morgan fingerprint density at radius 2 is 1.44 bits per heavy atom. The fourth-order valence-electron chi connectivity index (χ4n) is 4.00. The van der Waals surface area contributed by atoms with Gasteiger partial charge in [0.05, 0.1) is 0 Å². The molecule has 0 fully saturated rings. The van der Waals surface area contributed by atoms with Gasteiger partial charge in [-0.25, -0.2) is 9.59 Å². The van der Waals surface area contributed by atoms with Crippen LogP contribution in [-0.4, -0.2) is 57.8 Å². The molecule has 0 heterocycles. The lowest BCUT2D eigenvalue weighted by Crippen LogP contribution is -2.54. The van der Waals surface area contributed by atoms with E-state index >= 15 is 0 Å². The number of nitrogens with zero attached hydrogens (tertiary/aromatic N) is 1. The van der Waals surface area contributed by atoms with Crippen LogP contribution in [0.3, 0.4) is 0 Å². The van der Waals surface area contributed by atoms with Crippen LogP contribution in [0.5, 0.6) is 0 Å². The van der Waals surface area contributed by atoms with Gasteiger partial charge in [-0.15, -0.1) is 6.42 Å². The van der Waals surface area contributed by atoms with Crippen molar-refractivity contribution in [2.24, 2.45) is 0 Å². The molecule has 0 aliphatic heterocycles. The number of alkyl carbamates (subject to hydrolysis) is 1. The van der Waals surface area contributed by atoms with Crippen LogP contribution in [0.4, 0.5) is 4.79 Å². The van der Waals surface area contributed by atoms with Crippen LogP contribution in [0.1, 0.15) is 64.3 Å². The van der Waals surface area contributed by atoms with Gasteiger partial charge in [0.2, 0.25) is 5.91 Å². The Balaban J connectivity index is 2.55. The highest BCUT2D eigenvalue weighted by Gasteiger charge is 2.38. The summed E-state index contributed by atoms with van der Waals surface area (Å²) < 4.78 is 10.9. The highest BCUT2D eigenvalue weighted by atomic mass is 32.1. The van der Waals surface area contributed by atoms with Crippen LogP contribution in [0, 0.1) is 24.8 Å². The van der Waals surface area contributed by atoms with E-state index in [2.05, 4.69) is 35.2 Å². The van der Waals surface area contributed by atoms with Gasteiger partial charge < -0.3 is 20.1 Å². The highest BCUT2D eigenvalue weighted by molar-refractivity contribution is 7.80. The second-order valence-electron chi connectivity index (χ2n) is 11.6. The molecule has 2 aromatic rings. The molecule has 0 aromatic heterocycles. The monoisotopic (exact) mass is 605 g/mol. The third-order valence-corrected chi connectivity index (χ3v) is 6.12. The summed E-state index contributed by atoms with van der Waals surface area (Å²) in [6.07, 6.45) is 10.8. The van der Waals surface area contributed by atoms with E-state index in [-0.39, 0.29) is 17.7 Å². The maximum absolute atomic E-state index is 14.1. The van der Waals surface area contributed by atoms with Crippen molar-refractivity contribution in [2.75, 3.05) is 5.75 Å². The number of rotatable bonds is 10. The first-order valence-electron chi connectivity index (χ1n) is 13.6. The summed E-state index contributed by atoms with van der Waals surface area (Å²) in [6, 6.07) is 13.9. The molecule has 9 nitrogen and oxygen atoms in total. The van der Waals surface area contributed by atoms with Crippen molar-refractivity contribution in [2.45, 2.75) is 77.3 Å². The summed E-state index contributed by atoms with van der Waals surface area (Å²) in [5, 5.41) is 5.19. The molecule has 0 spiro atoms. The van der Waals surface area contributed by atoms with Crippen molar-refractivity contribution in [3.63, 3.8) is 0 Å². The molecule has 10 heteroatoms. The zero-order valence-corrected chi connectivity index (χ0v) is 26.2. The van der Waals surface area contributed by atoms with Crippen molar-refractivity contribution >= 4 is 36.5 Å². The molecule has 3 unspecified atom stereocenters. The van der Waals surface area contributed by atoms with E-state index in [0.717, 1.165) is 10.5 Å². The summed E-state index contributed by atoms with van der Waals surface area (Å²) in [6.45, 7) is 10.2. The number of esters is 1. The van der Waals surface area contributed by atoms with Crippen molar-refractivity contribution in [1.29, 1.82) is 0 Å². The normalized spacial score (nSPS) is 13.2. The largest absolute Gasteiger partial charge is 0.458 e. The Labute approximate surface area is 259 Å². The molecule has 3 atom stereocenters. The number of carbonyl (C=O) groups excluding carboxylic acids is 4. The molecular weight excluding hydrogens is 566 g/mol. The molecule has 0 bridgehead atoms. The number of thiol groups is 1. The van der Waals surface area contributed by atoms with Gasteiger partial charge in [-0.05, 0) is 53.2 Å². The van der Waals surface area contributed by atoms with Gasteiger partial charge in [0.1, 0.15) is 29.3 Å². The van der Waals surface area contributed by atoms with Gasteiger partial charge in [0, 0.05) is 29.3 Å². The van der Waals surface area contributed by atoms with Gasteiger partial charge in [-0.3, -0.25) is 14.5 Å². The summed E-state index contributed by atoms with van der Waals surface area (Å²) in [5.74, 6) is 0.0889. The Morgan fingerprint density at radius 3 is 1.98 bits per heavy atom. The molecule has 0 saturated heterocycles. The van der Waals surface area contributed by atoms with Crippen molar-refractivity contribution in [1.82, 2.24) is 15.5 Å². The van der Waals surface area contributed by atoms with E-state index < -0.39 is 53.2 Å². The third-order valence-electron chi connectivity index (χ3n) is 5.76. The number of nitrogens with one attached hydrogen (secondary N) is 2. The minimum atomic E-state index is -1.48. The van der Waals surface area contributed by atoms with E-state index in [1.165, 1.54) is 0 Å². The standard InChI is InChI=1S/C33H39N3O6S/c1-9-23-18-14-15-19-24(23)27(36(10-2)29(38)26(21-43)35-31(40)42-33(6,7)8)28(37)34-25(30(39)41-32(3,4)5)20-22-16-12-11-13-17-22/h1-2,11-19,25-27,43H,20-21H2,3-8H3,(H,34,37)(H,35,40). The molecule has 0 aliphatic carbocycles. The van der Waals surface area contributed by atoms with Gasteiger partial charge in [-0.2, -0.15) is 12.6 Å². The fourth-order valence-corrected chi connectivity index (χ4v) is 4.25. The first kappa shape index (κ1) is 34.8. The highest BCUT2D eigenvalue weighted by Crippen LogP contribution is 2.26. The molecule has 2 rings (SSSR count). The van der Waals surface area contributed by atoms with Crippen LogP contribution >= 0.6 is 12.6 Å². The minimum absolute atomic E-state index is 0.106. The first-order valence-corrected chi connectivity index (χ1v) is 14.3. The van der Waals surface area contributed by atoms with Crippen LogP contribution in [0.15, 0.2) is 54.6 Å². The Morgan fingerprint density at radius 1 is 0.860 bits per heavy atom. The number of carbonyl (C=O) groups is 4. The molecule has 2 N–H and O–H groups in total. The van der Waals surface area contributed by atoms with E-state index in [0.29, 0.717) is 5.56 Å². The zero-order chi connectivity index (χ0) is 32.4. The Bertz CT molecular complexity index is 1380. The summed E-state index contributed by atoms with van der Waals surface area (Å²) in [4.78, 5) is 54.5. The average Bonchev–Trinajstić information content (AvgIpc) is 2.92. The van der Waals surface area contributed by atoms with Gasteiger partial charge in [0.15, 0.2) is 0 Å². The molecular formula is C33H39N3O6S. The molecule has 2 aromatic carbocycles. The van der Waals surface area contributed by atoms with Crippen molar-refractivity contribution < 1.29 is 28.7 Å². The average molecular weight is 606 g/mol. The molecule has 228 valence electrons. The van der Waals surface area contributed by atoms with E-state index in [9.17, 15) is 19.2 Å². The minimum Gasteiger partial charge on any atom is -0.458 e.